The molecule has 3 aromatic rings. The largest absolute Gasteiger partial charge is 0.490 e. The first-order valence-electron chi connectivity index (χ1n) is 10.3. The van der Waals surface area contributed by atoms with Crippen LogP contribution >= 0.6 is 0 Å². The van der Waals surface area contributed by atoms with Gasteiger partial charge in [-0.05, 0) is 55.0 Å². The molecule has 0 heterocycles. The number of carbonyl (C=O) groups is 2. The summed E-state index contributed by atoms with van der Waals surface area (Å²) in [7, 11) is 0. The molecule has 0 aliphatic heterocycles. The molecule has 0 atom stereocenters. The first-order chi connectivity index (χ1) is 15.2. The zero-order valence-electron chi connectivity index (χ0n) is 17.5. The van der Waals surface area contributed by atoms with Crippen molar-refractivity contribution in [3.05, 3.63) is 90.0 Å². The summed E-state index contributed by atoms with van der Waals surface area (Å²) in [6, 6.07) is 23.3. The molecule has 0 radical (unpaired) electrons. The highest BCUT2D eigenvalue weighted by molar-refractivity contribution is 6.09. The van der Waals surface area contributed by atoms with E-state index in [0.29, 0.717) is 42.3 Å². The van der Waals surface area contributed by atoms with E-state index in [4.69, 9.17) is 9.47 Å². The Hall–Kier alpha value is -3.80. The lowest BCUT2D eigenvalue weighted by atomic mass is 10.1. The number of hydrogen-bond acceptors (Lipinski definition) is 4. The lowest BCUT2D eigenvalue weighted by Gasteiger charge is -2.12. The third-order valence-corrected chi connectivity index (χ3v) is 4.44. The van der Waals surface area contributed by atoms with E-state index in [1.54, 1.807) is 48.5 Å². The Labute approximate surface area is 182 Å². The van der Waals surface area contributed by atoms with Crippen molar-refractivity contribution in [2.24, 2.45) is 0 Å². The number of carbonyl (C=O) groups excluding carboxylic acids is 2. The topological polar surface area (TPSA) is 76.7 Å². The van der Waals surface area contributed by atoms with E-state index < -0.39 is 0 Å². The molecule has 0 aliphatic carbocycles. The predicted molar refractivity (Wildman–Crippen MR) is 121 cm³/mol. The molecule has 160 valence electrons. The van der Waals surface area contributed by atoms with Crippen molar-refractivity contribution in [1.82, 2.24) is 5.32 Å². The van der Waals surface area contributed by atoms with E-state index >= 15 is 0 Å². The van der Waals surface area contributed by atoms with Crippen LogP contribution in [-0.4, -0.2) is 31.6 Å². The van der Waals surface area contributed by atoms with Crippen molar-refractivity contribution >= 4 is 17.5 Å². The van der Waals surface area contributed by atoms with Crippen molar-refractivity contribution in [3.63, 3.8) is 0 Å². The summed E-state index contributed by atoms with van der Waals surface area (Å²) in [5, 5.41) is 5.64. The first-order valence-corrected chi connectivity index (χ1v) is 10.3. The summed E-state index contributed by atoms with van der Waals surface area (Å²) < 4.78 is 11.2. The van der Waals surface area contributed by atoms with Gasteiger partial charge in [0, 0.05) is 12.1 Å². The Morgan fingerprint density at radius 2 is 1.35 bits per heavy atom. The molecule has 6 nitrogen and oxygen atoms in total. The van der Waals surface area contributed by atoms with Crippen LogP contribution < -0.4 is 20.1 Å². The minimum Gasteiger partial charge on any atom is -0.490 e. The van der Waals surface area contributed by atoms with Gasteiger partial charge in [-0.1, -0.05) is 37.3 Å². The number of amides is 2. The monoisotopic (exact) mass is 418 g/mol. The number of rotatable bonds is 10. The molecule has 31 heavy (non-hydrogen) atoms. The van der Waals surface area contributed by atoms with E-state index in [1.807, 2.05) is 37.3 Å². The molecule has 0 aliphatic rings. The van der Waals surface area contributed by atoms with Crippen LogP contribution in [0.5, 0.6) is 11.5 Å². The quantitative estimate of drug-likeness (QED) is 0.474. The van der Waals surface area contributed by atoms with Gasteiger partial charge in [-0.3, -0.25) is 9.59 Å². The van der Waals surface area contributed by atoms with Gasteiger partial charge in [0.05, 0.1) is 11.3 Å². The van der Waals surface area contributed by atoms with Crippen molar-refractivity contribution in [3.8, 4) is 11.5 Å². The summed E-state index contributed by atoms with van der Waals surface area (Å²) in [4.78, 5) is 24.9. The first kappa shape index (κ1) is 21.9. The summed E-state index contributed by atoms with van der Waals surface area (Å²) in [5.74, 6) is 0.934. The van der Waals surface area contributed by atoms with E-state index in [1.165, 1.54) is 0 Å². The van der Waals surface area contributed by atoms with Crippen LogP contribution in [0.2, 0.25) is 0 Å². The molecule has 0 saturated carbocycles. The summed E-state index contributed by atoms with van der Waals surface area (Å²) in [5.41, 5.74) is 1.37. The minimum atomic E-state index is -0.297. The second kappa shape index (κ2) is 11.4. The zero-order valence-corrected chi connectivity index (χ0v) is 17.5. The molecule has 0 fully saturated rings. The van der Waals surface area contributed by atoms with Gasteiger partial charge in [-0.15, -0.1) is 0 Å². The van der Waals surface area contributed by atoms with Gasteiger partial charge in [0.25, 0.3) is 11.8 Å². The van der Waals surface area contributed by atoms with Crippen LogP contribution in [0, 0.1) is 0 Å². The van der Waals surface area contributed by atoms with Gasteiger partial charge in [-0.2, -0.15) is 0 Å². The molecule has 3 rings (SSSR count). The molecule has 2 N–H and O–H groups in total. The van der Waals surface area contributed by atoms with E-state index in [-0.39, 0.29) is 11.8 Å². The average molecular weight is 418 g/mol. The van der Waals surface area contributed by atoms with Crippen LogP contribution in [0.3, 0.4) is 0 Å². The maximum absolute atomic E-state index is 12.6. The SMILES string of the molecule is CCCNC(=O)c1ccccc1NC(=O)c1ccc(OCCOc2ccccc2)cc1. The Morgan fingerprint density at radius 3 is 2.03 bits per heavy atom. The molecule has 0 aromatic heterocycles. The normalized spacial score (nSPS) is 10.2. The molecule has 0 saturated heterocycles. The van der Waals surface area contributed by atoms with E-state index in [0.717, 1.165) is 12.2 Å². The van der Waals surface area contributed by atoms with Crippen LogP contribution in [0.25, 0.3) is 0 Å². The lowest BCUT2D eigenvalue weighted by Crippen LogP contribution is -2.25. The van der Waals surface area contributed by atoms with Crippen LogP contribution in [0.15, 0.2) is 78.9 Å². The van der Waals surface area contributed by atoms with Crippen LogP contribution in [-0.2, 0) is 0 Å². The van der Waals surface area contributed by atoms with Gasteiger partial charge in [0.15, 0.2) is 0 Å². The number of para-hydroxylation sites is 2. The smallest absolute Gasteiger partial charge is 0.255 e. The maximum atomic E-state index is 12.6. The third-order valence-electron chi connectivity index (χ3n) is 4.44. The maximum Gasteiger partial charge on any atom is 0.255 e. The van der Waals surface area contributed by atoms with Crippen molar-refractivity contribution in [2.45, 2.75) is 13.3 Å². The molecule has 0 bridgehead atoms. The number of hydrogen-bond donors (Lipinski definition) is 2. The molecule has 0 spiro atoms. The highest BCUT2D eigenvalue weighted by Crippen LogP contribution is 2.18. The fourth-order valence-electron chi connectivity index (χ4n) is 2.86. The predicted octanol–water partition coefficient (Wildman–Crippen LogP) is 4.54. The molecular formula is C25H26N2O4. The lowest BCUT2D eigenvalue weighted by molar-refractivity contribution is 0.0954. The highest BCUT2D eigenvalue weighted by Gasteiger charge is 2.13. The third kappa shape index (κ3) is 6.60. The Morgan fingerprint density at radius 1 is 0.742 bits per heavy atom. The molecule has 3 aromatic carbocycles. The number of anilines is 1. The van der Waals surface area contributed by atoms with Gasteiger partial charge in [0.1, 0.15) is 24.7 Å². The van der Waals surface area contributed by atoms with Crippen LogP contribution in [0.4, 0.5) is 5.69 Å². The minimum absolute atomic E-state index is 0.209. The van der Waals surface area contributed by atoms with Gasteiger partial charge in [0.2, 0.25) is 0 Å². The number of benzene rings is 3. The Balaban J connectivity index is 1.53. The molecule has 2 amide bonds. The zero-order chi connectivity index (χ0) is 21.9. The second-order valence-electron chi connectivity index (χ2n) is 6.79. The van der Waals surface area contributed by atoms with Crippen LogP contribution in [0.1, 0.15) is 34.1 Å². The molecule has 6 heteroatoms. The van der Waals surface area contributed by atoms with E-state index in [9.17, 15) is 9.59 Å². The Kier molecular flexibility index (Phi) is 8.05. The number of ether oxygens (including phenoxy) is 2. The average Bonchev–Trinajstić information content (AvgIpc) is 2.81. The van der Waals surface area contributed by atoms with E-state index in [2.05, 4.69) is 10.6 Å². The standard InChI is InChI=1S/C25H26N2O4/c1-2-16-26-25(29)22-10-6-7-11-23(22)27-24(28)19-12-14-21(15-13-19)31-18-17-30-20-8-4-3-5-9-20/h3-15H,2,16-18H2,1H3,(H,26,29)(H,27,28). The summed E-state index contributed by atoms with van der Waals surface area (Å²) >= 11 is 0. The fraction of sp³-hybridized carbons (Fsp3) is 0.200. The fourth-order valence-corrected chi connectivity index (χ4v) is 2.86. The molecular weight excluding hydrogens is 392 g/mol. The summed E-state index contributed by atoms with van der Waals surface area (Å²) in [6.45, 7) is 3.38. The Bertz CT molecular complexity index is 988. The van der Waals surface area contributed by atoms with Gasteiger partial charge >= 0.3 is 0 Å². The molecule has 0 unspecified atom stereocenters. The number of nitrogens with one attached hydrogen (secondary N) is 2. The van der Waals surface area contributed by atoms with Crippen molar-refractivity contribution in [2.75, 3.05) is 25.1 Å². The van der Waals surface area contributed by atoms with Crippen molar-refractivity contribution < 1.29 is 19.1 Å². The highest BCUT2D eigenvalue weighted by atomic mass is 16.5. The second-order valence-corrected chi connectivity index (χ2v) is 6.79. The van der Waals surface area contributed by atoms with Gasteiger partial charge in [-0.25, -0.2) is 0 Å². The van der Waals surface area contributed by atoms with Gasteiger partial charge < -0.3 is 20.1 Å². The summed E-state index contributed by atoms with van der Waals surface area (Å²) in [6.07, 6.45) is 0.840. The van der Waals surface area contributed by atoms with Crippen molar-refractivity contribution in [1.29, 1.82) is 0 Å².